The van der Waals surface area contributed by atoms with Gasteiger partial charge in [0, 0.05) is 30.6 Å². The molecule has 0 bridgehead atoms. The molecule has 0 spiro atoms. The summed E-state index contributed by atoms with van der Waals surface area (Å²) in [6.07, 6.45) is -2.43. The zero-order chi connectivity index (χ0) is 48.6. The Balaban J connectivity index is 0.000000412. The molecule has 1 aliphatic rings. The van der Waals surface area contributed by atoms with Crippen LogP contribution in [0.4, 0.5) is 9.59 Å². The highest BCUT2D eigenvalue weighted by Gasteiger charge is 2.44. The normalized spacial score (nSPS) is 18.6. The van der Waals surface area contributed by atoms with E-state index in [4.69, 9.17) is 20.3 Å². The number of ether oxygens (including phenoxy) is 2. The van der Waals surface area contributed by atoms with Crippen LogP contribution in [0.25, 0.3) is 0 Å². The van der Waals surface area contributed by atoms with E-state index < -0.39 is 67.4 Å². The smallest absolute Gasteiger partial charge is 0.407 e. The van der Waals surface area contributed by atoms with Crippen LogP contribution >= 0.6 is 22.7 Å². The van der Waals surface area contributed by atoms with Crippen molar-refractivity contribution in [1.29, 1.82) is 0 Å². The van der Waals surface area contributed by atoms with Gasteiger partial charge in [-0.05, 0) is 36.3 Å². The summed E-state index contributed by atoms with van der Waals surface area (Å²) in [6.45, 7) is 7.84. The Kier molecular flexibility index (Phi) is 19.7. The number of hydrogen-bond acceptors (Lipinski definition) is 16. The second kappa shape index (κ2) is 25.3. The van der Waals surface area contributed by atoms with Crippen LogP contribution in [0.5, 0.6) is 0 Å². The summed E-state index contributed by atoms with van der Waals surface area (Å²) in [5, 5.41) is 55.3. The van der Waals surface area contributed by atoms with Crippen molar-refractivity contribution in [3.63, 3.8) is 0 Å². The maximum absolute atomic E-state index is 13.9. The van der Waals surface area contributed by atoms with Gasteiger partial charge in [-0.1, -0.05) is 88.4 Å². The third-order valence-corrected chi connectivity index (χ3v) is 12.6. The number of hydrogen-bond donors (Lipinski definition) is 8. The number of nitrogens with zero attached hydrogens (tertiary/aromatic N) is 6. The number of carbonyl (C=O) groups is 4. The molecule has 5 aromatic rings. The Morgan fingerprint density at radius 1 is 0.940 bits per heavy atom. The van der Waals surface area contributed by atoms with E-state index >= 15 is 0 Å². The number of urea groups is 1. The quantitative estimate of drug-likeness (QED) is 0.0557. The lowest BCUT2D eigenvalue weighted by molar-refractivity contribution is -0.124. The van der Waals surface area contributed by atoms with E-state index in [2.05, 4.69) is 49.8 Å². The van der Waals surface area contributed by atoms with Gasteiger partial charge in [-0.15, -0.1) is 27.8 Å². The molecule has 0 unspecified atom stereocenters. The minimum atomic E-state index is -1.27. The van der Waals surface area contributed by atoms with Gasteiger partial charge >= 0.3 is 12.1 Å². The number of alkyl carbamates (subject to hydrolysis) is 1. The molecule has 4 heterocycles. The fourth-order valence-corrected chi connectivity index (χ4v) is 8.33. The number of carbonyl (C=O) groups excluding carboxylic acids is 4. The van der Waals surface area contributed by atoms with Crippen molar-refractivity contribution in [1.82, 2.24) is 45.6 Å². The first-order chi connectivity index (χ1) is 32.0. The first-order valence-electron chi connectivity index (χ1n) is 21.7. The third-order valence-electron chi connectivity index (χ3n) is 10.6. The monoisotopic (exact) mass is 964 g/mol. The second-order valence-corrected chi connectivity index (χ2v) is 18.5. The average molecular weight is 965 g/mol. The number of thiazole rings is 2. The molecule has 9 N–H and O–H groups in total. The zero-order valence-corrected chi connectivity index (χ0v) is 39.5. The van der Waals surface area contributed by atoms with Gasteiger partial charge in [-0.3, -0.25) is 14.6 Å². The molecule has 0 saturated carbocycles. The van der Waals surface area contributed by atoms with Crippen molar-refractivity contribution in [3.05, 3.63) is 117 Å². The third kappa shape index (κ3) is 15.6. The molecular weight excluding hydrogens is 905 g/mol. The first kappa shape index (κ1) is 52.1. The van der Waals surface area contributed by atoms with E-state index in [-0.39, 0.29) is 36.7 Å². The number of amides is 5. The maximum Gasteiger partial charge on any atom is 0.407 e. The van der Waals surface area contributed by atoms with Crippen LogP contribution in [0.1, 0.15) is 83.6 Å². The van der Waals surface area contributed by atoms with Gasteiger partial charge < -0.3 is 56.5 Å². The minimum Gasteiger partial charge on any atom is -0.444 e. The number of aliphatic hydroxyl groups excluding tert-OH is 4. The van der Waals surface area contributed by atoms with Crippen molar-refractivity contribution < 1.29 is 49.1 Å². The molecule has 6 rings (SSSR count). The van der Waals surface area contributed by atoms with Crippen LogP contribution in [0.2, 0.25) is 0 Å². The van der Waals surface area contributed by atoms with Crippen LogP contribution in [0.3, 0.4) is 0 Å². The summed E-state index contributed by atoms with van der Waals surface area (Å²) in [7, 11) is 1.68. The van der Waals surface area contributed by atoms with Crippen LogP contribution in [-0.4, -0.2) is 130 Å². The standard InChI is InChI=1S/C37H48N6O5S2.C8H12N4O5/c1-24(2)33(42-36(46)43(5)20-29-22-49-35(40-29)25(3)4)34(45)39-28(16-26-12-8-6-9-13-26)18-32(44)31(17-27-14-10-7-11-15-27)41-37(47)48-21-30-19-38-23-50-30;9-6(16)7-10-2-12(11-7)8-5(15)4(14)3(1-13)17-8/h6-15,19,22-25,28,31-33,44H,16-18,20-21H2,1-5H3,(H,39,45)(H,41,47)(H,42,46);2-5,8,13-15H,1H2,(H2,9,16)/t28-,31-,32-,33-;3-,4-,5-,8-/m01/s1. The fourth-order valence-electron chi connectivity index (χ4n) is 7.00. The fraction of sp³-hybridized carbons (Fsp3) is 0.467. The van der Waals surface area contributed by atoms with Gasteiger partial charge in [0.1, 0.15) is 37.3 Å². The van der Waals surface area contributed by atoms with E-state index in [1.807, 2.05) is 79.9 Å². The lowest BCUT2D eigenvalue weighted by Gasteiger charge is -2.30. The van der Waals surface area contributed by atoms with Crippen LogP contribution < -0.4 is 21.7 Å². The number of aliphatic hydroxyl groups is 4. The molecule has 2 aromatic carbocycles. The van der Waals surface area contributed by atoms with E-state index in [9.17, 15) is 34.5 Å². The summed E-state index contributed by atoms with van der Waals surface area (Å²) < 4.78 is 11.7. The van der Waals surface area contributed by atoms with Gasteiger partial charge in [-0.25, -0.2) is 24.2 Å². The lowest BCUT2D eigenvalue weighted by atomic mass is 9.93. The van der Waals surface area contributed by atoms with E-state index in [1.54, 1.807) is 30.1 Å². The number of benzene rings is 2. The Labute approximate surface area is 396 Å². The molecule has 1 aliphatic heterocycles. The van der Waals surface area contributed by atoms with E-state index in [0.717, 1.165) is 37.7 Å². The molecule has 362 valence electrons. The molecule has 1 fully saturated rings. The maximum atomic E-state index is 13.9. The Bertz CT molecular complexity index is 2300. The van der Waals surface area contributed by atoms with Crippen molar-refractivity contribution in [2.45, 2.75) is 115 Å². The molecule has 0 radical (unpaired) electrons. The lowest BCUT2D eigenvalue weighted by Crippen LogP contribution is -2.55. The number of nitrogens with one attached hydrogen (secondary N) is 3. The second-order valence-electron chi connectivity index (χ2n) is 16.7. The topological polar surface area (TPSA) is 290 Å². The van der Waals surface area contributed by atoms with Gasteiger partial charge in [-0.2, -0.15) is 0 Å². The molecule has 8 atom stereocenters. The van der Waals surface area contributed by atoms with Crippen molar-refractivity contribution >= 4 is 46.6 Å². The van der Waals surface area contributed by atoms with Crippen LogP contribution in [0.15, 0.2) is 84.1 Å². The largest absolute Gasteiger partial charge is 0.444 e. The summed E-state index contributed by atoms with van der Waals surface area (Å²) in [5.41, 5.74) is 9.32. The Morgan fingerprint density at radius 3 is 2.16 bits per heavy atom. The molecule has 20 nitrogen and oxygen atoms in total. The van der Waals surface area contributed by atoms with Crippen molar-refractivity contribution in [2.24, 2.45) is 11.7 Å². The van der Waals surface area contributed by atoms with Crippen molar-refractivity contribution in [3.8, 4) is 0 Å². The Morgan fingerprint density at radius 2 is 1.61 bits per heavy atom. The van der Waals surface area contributed by atoms with Crippen LogP contribution in [-0.2, 0) is 40.3 Å². The highest BCUT2D eigenvalue weighted by Crippen LogP contribution is 2.28. The molecule has 3 aromatic heterocycles. The predicted octanol–water partition coefficient (Wildman–Crippen LogP) is 2.89. The van der Waals surface area contributed by atoms with Gasteiger partial charge in [0.2, 0.25) is 11.7 Å². The molecule has 1 saturated heterocycles. The Hall–Kier alpha value is -5.88. The summed E-state index contributed by atoms with van der Waals surface area (Å²) >= 11 is 2.95. The van der Waals surface area contributed by atoms with Gasteiger partial charge in [0.15, 0.2) is 6.23 Å². The number of aromatic nitrogens is 5. The molecule has 67 heavy (non-hydrogen) atoms. The highest BCUT2D eigenvalue weighted by atomic mass is 32.1. The number of rotatable bonds is 20. The highest BCUT2D eigenvalue weighted by molar-refractivity contribution is 7.09. The molecule has 22 heteroatoms. The average Bonchev–Trinajstić information content (AvgIpc) is 4.15. The summed E-state index contributed by atoms with van der Waals surface area (Å²) in [6, 6.07) is 16.8. The predicted molar refractivity (Wildman–Crippen MR) is 248 cm³/mol. The minimum absolute atomic E-state index is 0.0671. The number of primary amides is 1. The molecular formula is C45H60N10O10S2. The summed E-state index contributed by atoms with van der Waals surface area (Å²) in [5.74, 6) is -1.31. The zero-order valence-electron chi connectivity index (χ0n) is 37.9. The molecule has 5 amide bonds. The van der Waals surface area contributed by atoms with Crippen LogP contribution in [0, 0.1) is 5.92 Å². The van der Waals surface area contributed by atoms with Gasteiger partial charge in [0.25, 0.3) is 5.91 Å². The van der Waals surface area contributed by atoms with E-state index in [0.29, 0.717) is 25.3 Å². The molecule has 0 aliphatic carbocycles. The van der Waals surface area contributed by atoms with E-state index in [1.165, 1.54) is 16.2 Å². The van der Waals surface area contributed by atoms with Crippen molar-refractivity contribution in [2.75, 3.05) is 13.7 Å². The summed E-state index contributed by atoms with van der Waals surface area (Å²) in [4.78, 5) is 65.4. The first-order valence-corrected chi connectivity index (χ1v) is 23.4. The SMILES string of the molecule is CC(C)c1nc(CN(C)C(=O)N[C@H](C(=O)N[C@@H](Cc2ccccc2)C[C@H](O)[C@H](Cc2ccccc2)NC(=O)OCc2cncs2)C(C)C)cs1.NC(=O)c1ncn([C@@H]2O[C@H](CO)[C@@H](O)[C@H]2O)n1. The van der Waals surface area contributed by atoms with Gasteiger partial charge in [0.05, 0.1) is 46.4 Å². The number of nitrogens with two attached hydrogens (primary N) is 1.